The third-order valence-electron chi connectivity index (χ3n) is 20.7. The van der Waals surface area contributed by atoms with Crippen LogP contribution in [-0.4, -0.2) is 0 Å². The van der Waals surface area contributed by atoms with Gasteiger partial charge in [0.1, 0.15) is 0 Å². The van der Waals surface area contributed by atoms with Crippen molar-refractivity contribution in [2.24, 2.45) is 0 Å². The smallest absolute Gasteiger partial charge is 0.0468 e. The lowest BCUT2D eigenvalue weighted by Crippen LogP contribution is -2.17. The van der Waals surface area contributed by atoms with Crippen LogP contribution in [0.5, 0.6) is 0 Å². The van der Waals surface area contributed by atoms with Gasteiger partial charge in [-0.2, -0.15) is 0 Å². The predicted molar refractivity (Wildman–Crippen MR) is 404 cm³/mol. The first-order valence-corrected chi connectivity index (χ1v) is 34.4. The maximum atomic E-state index is 2.46. The molecule has 0 fully saturated rings. The number of benzene rings is 12. The largest absolute Gasteiger partial charge is 0.310 e. The van der Waals surface area contributed by atoms with Crippen molar-refractivity contribution in [3.8, 4) is 33.4 Å². The number of aryl methyl sites for hydroxylation is 4. The molecule has 4 heteroatoms. The van der Waals surface area contributed by atoms with Crippen LogP contribution in [0.1, 0.15) is 119 Å². The lowest BCUT2D eigenvalue weighted by molar-refractivity contribution is 0.660. The van der Waals surface area contributed by atoms with E-state index in [2.05, 4.69) is 334 Å². The summed E-state index contributed by atoms with van der Waals surface area (Å²) in [7, 11) is 0. The number of thiophene rings is 2. The van der Waals surface area contributed by atoms with Crippen molar-refractivity contribution in [1.82, 2.24) is 0 Å². The molecule has 2 nitrogen and oxygen atoms in total. The van der Waals surface area contributed by atoms with Crippen LogP contribution in [0.25, 0.3) is 98.0 Å². The summed E-state index contributed by atoms with van der Waals surface area (Å²) in [5.74, 6) is 0. The second-order valence-corrected chi connectivity index (χ2v) is 30.3. The molecule has 93 heavy (non-hydrogen) atoms. The van der Waals surface area contributed by atoms with Gasteiger partial charge in [0.25, 0.3) is 0 Å². The molecule has 17 rings (SSSR count). The fourth-order valence-corrected chi connectivity index (χ4v) is 18.3. The van der Waals surface area contributed by atoms with Crippen molar-refractivity contribution in [3.05, 3.63) is 308 Å². The van der Waals surface area contributed by atoms with Crippen LogP contribution in [0, 0.1) is 27.7 Å². The fourth-order valence-electron chi connectivity index (χ4n) is 16.1. The molecule has 3 aliphatic carbocycles. The summed E-state index contributed by atoms with van der Waals surface area (Å²) < 4.78 is 5.27. The summed E-state index contributed by atoms with van der Waals surface area (Å²) in [6.45, 7) is 23.2. The van der Waals surface area contributed by atoms with E-state index in [1.54, 1.807) is 0 Å². The van der Waals surface area contributed by atoms with E-state index in [0.29, 0.717) is 0 Å². The van der Waals surface area contributed by atoms with Crippen LogP contribution < -0.4 is 9.80 Å². The molecule has 0 saturated heterocycles. The molecule has 12 aromatic carbocycles. The maximum absolute atomic E-state index is 2.46. The standard InChI is InChI=1S/C89H72N2S2/c1-53-39-54(2)42-65(41-53)90(61-29-37-85-75(49-61)73-15-11-13-17-83(73)92-85)63-27-35-71-69-33-25-59(47-79(69)88(7,8)81(71)51-63)21-19-57-23-31-67-68-32-24-58(46-78(68)87(5,6)77(67)45-57)20-22-60-26-34-70-72-36-28-64(52-82(72)89(9,10)80(70)48-60)91(66-43-55(3)40-56(4)44-66)62-30-38-86-76(50-62)74-16-12-14-18-84(74)93-86/h11-52H,1-10H3. The molecule has 0 bridgehead atoms. The number of anilines is 6. The van der Waals surface area contributed by atoms with Crippen LogP contribution in [0.15, 0.2) is 231 Å². The fraction of sp³-hybridized carbons (Fsp3) is 0.146. The quantitative estimate of drug-likeness (QED) is 0.126. The van der Waals surface area contributed by atoms with E-state index >= 15 is 0 Å². The Labute approximate surface area is 554 Å². The molecule has 0 amide bonds. The number of hydrogen-bond acceptors (Lipinski definition) is 4. The minimum Gasteiger partial charge on any atom is -0.310 e. The van der Waals surface area contributed by atoms with Crippen molar-refractivity contribution in [1.29, 1.82) is 0 Å². The average Bonchev–Trinajstić information content (AvgIpc) is 1.61. The highest BCUT2D eigenvalue weighted by Gasteiger charge is 2.39. The predicted octanol–water partition coefficient (Wildman–Crippen LogP) is 25.9. The molecule has 450 valence electrons. The van der Waals surface area contributed by atoms with E-state index < -0.39 is 0 Å². The normalized spacial score (nSPS) is 14.5. The van der Waals surface area contributed by atoms with Gasteiger partial charge in [-0.3, -0.25) is 0 Å². The molecule has 0 atom stereocenters. The molecule has 0 N–H and O–H groups in total. The van der Waals surface area contributed by atoms with E-state index in [0.717, 1.165) is 0 Å². The van der Waals surface area contributed by atoms with Gasteiger partial charge in [-0.15, -0.1) is 22.7 Å². The van der Waals surface area contributed by atoms with Gasteiger partial charge in [-0.25, -0.2) is 0 Å². The zero-order valence-corrected chi connectivity index (χ0v) is 56.1. The lowest BCUT2D eigenvalue weighted by atomic mass is 9.81. The van der Waals surface area contributed by atoms with Gasteiger partial charge in [0.15, 0.2) is 0 Å². The Hall–Kier alpha value is -9.84. The van der Waals surface area contributed by atoms with E-state index in [1.807, 2.05) is 22.7 Å². The van der Waals surface area contributed by atoms with Gasteiger partial charge in [-0.05, 0) is 236 Å². The summed E-state index contributed by atoms with van der Waals surface area (Å²) in [5.41, 5.74) is 32.4. The minimum absolute atomic E-state index is 0.166. The molecule has 0 radical (unpaired) electrons. The summed E-state index contributed by atoms with van der Waals surface area (Å²) in [6.07, 6.45) is 9.23. The van der Waals surface area contributed by atoms with Crippen LogP contribution >= 0.6 is 22.7 Å². The van der Waals surface area contributed by atoms with Crippen LogP contribution in [-0.2, 0) is 16.2 Å². The second kappa shape index (κ2) is 21.1. The first-order chi connectivity index (χ1) is 44.9. The molecule has 0 unspecified atom stereocenters. The molecule has 2 aromatic heterocycles. The Balaban J connectivity index is 0.619. The summed E-state index contributed by atoms with van der Waals surface area (Å²) in [5, 5.41) is 5.23. The number of hydrogen-bond donors (Lipinski definition) is 0. The Morgan fingerprint density at radius 2 is 0.516 bits per heavy atom. The highest BCUT2D eigenvalue weighted by atomic mass is 32.1. The second-order valence-electron chi connectivity index (χ2n) is 28.1. The third-order valence-corrected chi connectivity index (χ3v) is 23.0. The molecular formula is C89H72N2S2. The topological polar surface area (TPSA) is 6.48 Å². The molecule has 14 aromatic rings. The number of rotatable bonds is 10. The first-order valence-electron chi connectivity index (χ1n) is 32.8. The van der Waals surface area contributed by atoms with E-state index in [9.17, 15) is 0 Å². The van der Waals surface area contributed by atoms with Gasteiger partial charge in [0, 0.05) is 90.7 Å². The zero-order chi connectivity index (χ0) is 63.4. The molecule has 0 aliphatic heterocycles. The number of nitrogens with zero attached hydrogens (tertiary/aromatic N) is 2. The van der Waals surface area contributed by atoms with Gasteiger partial charge in [0.2, 0.25) is 0 Å². The summed E-state index contributed by atoms with van der Waals surface area (Å²) >= 11 is 3.74. The summed E-state index contributed by atoms with van der Waals surface area (Å²) in [6, 6.07) is 88.0. The Kier molecular flexibility index (Phi) is 13.0. The van der Waals surface area contributed by atoms with Gasteiger partial charge in [-0.1, -0.05) is 199 Å². The number of fused-ring (bicyclic) bond motifs is 15. The van der Waals surface area contributed by atoms with Crippen LogP contribution in [0.4, 0.5) is 34.1 Å². The minimum atomic E-state index is -0.205. The molecular weight excluding hydrogens is 1160 g/mol. The lowest BCUT2D eigenvalue weighted by Gasteiger charge is -2.29. The van der Waals surface area contributed by atoms with E-state index in [-0.39, 0.29) is 16.2 Å². The molecule has 0 spiro atoms. The van der Waals surface area contributed by atoms with Crippen molar-refractivity contribution in [2.45, 2.75) is 85.5 Å². The average molecular weight is 1230 g/mol. The van der Waals surface area contributed by atoms with Crippen LogP contribution in [0.3, 0.4) is 0 Å². The van der Waals surface area contributed by atoms with Crippen molar-refractivity contribution in [3.63, 3.8) is 0 Å². The Morgan fingerprint density at radius 1 is 0.247 bits per heavy atom. The van der Waals surface area contributed by atoms with Crippen molar-refractivity contribution in [2.75, 3.05) is 9.80 Å². The van der Waals surface area contributed by atoms with Crippen molar-refractivity contribution < 1.29 is 0 Å². The van der Waals surface area contributed by atoms with E-state index in [1.165, 1.54) is 186 Å². The monoisotopic (exact) mass is 1230 g/mol. The van der Waals surface area contributed by atoms with Gasteiger partial charge >= 0.3 is 0 Å². The maximum Gasteiger partial charge on any atom is 0.0468 e. The van der Waals surface area contributed by atoms with Crippen molar-refractivity contribution >= 4 is 121 Å². The Bertz CT molecular complexity index is 5180. The van der Waals surface area contributed by atoms with Gasteiger partial charge < -0.3 is 9.80 Å². The Morgan fingerprint density at radius 3 is 0.849 bits per heavy atom. The zero-order valence-electron chi connectivity index (χ0n) is 54.5. The third kappa shape index (κ3) is 9.31. The summed E-state index contributed by atoms with van der Waals surface area (Å²) in [4.78, 5) is 4.93. The highest BCUT2D eigenvalue weighted by molar-refractivity contribution is 7.26. The van der Waals surface area contributed by atoms with Gasteiger partial charge in [0.05, 0.1) is 0 Å². The molecule has 2 heterocycles. The van der Waals surface area contributed by atoms with E-state index in [4.69, 9.17) is 0 Å². The molecule has 3 aliphatic rings. The first kappa shape index (κ1) is 57.1. The van der Waals surface area contributed by atoms with Crippen LogP contribution in [0.2, 0.25) is 0 Å². The molecule has 0 saturated carbocycles. The highest BCUT2D eigenvalue weighted by Crippen LogP contribution is 2.55. The SMILES string of the molecule is Cc1cc(C)cc(N(c2ccc3c(c2)C(C)(C)c2cc(C=Cc4ccc5c(c4)C(C)(C)c4cc(C=Cc6ccc7c(c6)C(C)(C)c6cc(N(c8cc(C)cc(C)c8)c8ccc9sc%10ccccc%10c9c8)ccc6-7)ccc4-5)ccc2-3)c2ccc3sc4ccccc4c3c2)c1.